The first kappa shape index (κ1) is 12.9. The third kappa shape index (κ3) is 5.45. The summed E-state index contributed by atoms with van der Waals surface area (Å²) in [6, 6.07) is 8.35. The number of hydrogen-bond acceptors (Lipinski definition) is 2. The predicted octanol–water partition coefficient (Wildman–Crippen LogP) is 3.70. The lowest BCUT2D eigenvalue weighted by atomic mass is 10.2. The monoisotopic (exact) mass is 243 g/mol. The van der Waals surface area contributed by atoms with Crippen LogP contribution in [0.15, 0.2) is 24.3 Å². The highest BCUT2D eigenvalue weighted by Gasteiger charge is 1.99. The minimum absolute atomic E-state index is 0.325. The molecule has 84 valence electrons. The van der Waals surface area contributed by atoms with E-state index < -0.39 is 0 Å². The van der Waals surface area contributed by atoms with Gasteiger partial charge in [0.15, 0.2) is 0 Å². The lowest BCUT2D eigenvalue weighted by Gasteiger charge is -2.05. The summed E-state index contributed by atoms with van der Waals surface area (Å²) < 4.78 is 0. The van der Waals surface area contributed by atoms with E-state index in [9.17, 15) is 0 Å². The average Bonchev–Trinajstić information content (AvgIpc) is 2.20. The third-order valence-electron chi connectivity index (χ3n) is 2.16. The van der Waals surface area contributed by atoms with Crippen LogP contribution in [0.1, 0.15) is 25.3 Å². The molecule has 0 amide bonds. The van der Waals surface area contributed by atoms with E-state index in [2.05, 4.69) is 13.0 Å². The van der Waals surface area contributed by atoms with Gasteiger partial charge in [-0.25, -0.2) is 0 Å². The van der Waals surface area contributed by atoms with Gasteiger partial charge in [-0.05, 0) is 37.1 Å². The Morgan fingerprint density at radius 1 is 1.40 bits per heavy atom. The molecule has 0 bridgehead atoms. The second-order valence-corrected chi connectivity index (χ2v) is 5.28. The second kappa shape index (κ2) is 7.15. The van der Waals surface area contributed by atoms with E-state index in [1.54, 1.807) is 0 Å². The molecule has 0 aliphatic rings. The van der Waals surface area contributed by atoms with Crippen LogP contribution < -0.4 is 5.73 Å². The zero-order valence-electron chi connectivity index (χ0n) is 9.08. The van der Waals surface area contributed by atoms with Gasteiger partial charge in [0.05, 0.1) is 0 Å². The first-order valence-corrected chi connectivity index (χ1v) is 6.80. The van der Waals surface area contributed by atoms with Gasteiger partial charge in [0.25, 0.3) is 0 Å². The molecule has 0 saturated heterocycles. The van der Waals surface area contributed by atoms with E-state index in [1.807, 2.05) is 30.0 Å². The van der Waals surface area contributed by atoms with Crippen molar-refractivity contribution in [1.82, 2.24) is 0 Å². The molecule has 0 radical (unpaired) electrons. The SMILES string of the molecule is CC(N)CCCSCc1ccccc1Cl. The fourth-order valence-corrected chi connectivity index (χ4v) is 2.57. The van der Waals surface area contributed by atoms with Crippen molar-refractivity contribution in [3.8, 4) is 0 Å². The first-order chi connectivity index (χ1) is 7.20. The number of rotatable bonds is 6. The molecule has 0 spiro atoms. The van der Waals surface area contributed by atoms with Crippen molar-refractivity contribution in [2.24, 2.45) is 5.73 Å². The van der Waals surface area contributed by atoms with E-state index in [0.29, 0.717) is 6.04 Å². The summed E-state index contributed by atoms with van der Waals surface area (Å²) >= 11 is 7.98. The van der Waals surface area contributed by atoms with E-state index in [-0.39, 0.29) is 0 Å². The number of nitrogens with two attached hydrogens (primary N) is 1. The molecule has 0 fully saturated rings. The van der Waals surface area contributed by atoms with Crippen LogP contribution in [0.3, 0.4) is 0 Å². The highest BCUT2D eigenvalue weighted by Crippen LogP contribution is 2.21. The number of benzene rings is 1. The molecule has 0 aliphatic carbocycles. The highest BCUT2D eigenvalue weighted by atomic mass is 35.5. The Morgan fingerprint density at radius 2 is 2.13 bits per heavy atom. The van der Waals surface area contributed by atoms with Crippen molar-refractivity contribution < 1.29 is 0 Å². The van der Waals surface area contributed by atoms with Gasteiger partial charge in [0.1, 0.15) is 0 Å². The molecule has 2 N–H and O–H groups in total. The van der Waals surface area contributed by atoms with Gasteiger partial charge in [-0.15, -0.1) is 0 Å². The van der Waals surface area contributed by atoms with Crippen LogP contribution in [0, 0.1) is 0 Å². The summed E-state index contributed by atoms with van der Waals surface area (Å²) in [5.41, 5.74) is 6.91. The van der Waals surface area contributed by atoms with Crippen LogP contribution in [0.25, 0.3) is 0 Å². The third-order valence-corrected chi connectivity index (χ3v) is 3.62. The summed E-state index contributed by atoms with van der Waals surface area (Å²) in [6.07, 6.45) is 2.29. The zero-order chi connectivity index (χ0) is 11.1. The molecule has 1 rings (SSSR count). The maximum absolute atomic E-state index is 6.05. The zero-order valence-corrected chi connectivity index (χ0v) is 10.7. The van der Waals surface area contributed by atoms with Crippen LogP contribution in [-0.4, -0.2) is 11.8 Å². The molecule has 1 unspecified atom stereocenters. The lowest BCUT2D eigenvalue weighted by Crippen LogP contribution is -2.14. The molecule has 0 saturated carbocycles. The molecule has 1 nitrogen and oxygen atoms in total. The summed E-state index contributed by atoms with van der Waals surface area (Å²) in [6.45, 7) is 2.05. The Morgan fingerprint density at radius 3 is 2.80 bits per heavy atom. The molecule has 0 aromatic heterocycles. The molecular weight excluding hydrogens is 226 g/mol. The quantitative estimate of drug-likeness (QED) is 0.771. The molecular formula is C12H18ClNS. The van der Waals surface area contributed by atoms with Crippen LogP contribution in [0.5, 0.6) is 0 Å². The summed E-state index contributed by atoms with van der Waals surface area (Å²) in [5.74, 6) is 2.16. The molecule has 1 aromatic rings. The molecule has 3 heteroatoms. The Hall–Kier alpha value is -0.180. The Balaban J connectivity index is 2.18. The van der Waals surface area contributed by atoms with Gasteiger partial charge in [-0.1, -0.05) is 29.8 Å². The van der Waals surface area contributed by atoms with Crippen LogP contribution in [-0.2, 0) is 5.75 Å². The highest BCUT2D eigenvalue weighted by molar-refractivity contribution is 7.98. The van der Waals surface area contributed by atoms with E-state index in [0.717, 1.165) is 22.9 Å². The summed E-state index contributed by atoms with van der Waals surface area (Å²) in [4.78, 5) is 0. The van der Waals surface area contributed by atoms with Crippen molar-refractivity contribution in [3.63, 3.8) is 0 Å². The minimum Gasteiger partial charge on any atom is -0.328 e. The van der Waals surface area contributed by atoms with Crippen molar-refractivity contribution in [2.45, 2.75) is 31.6 Å². The smallest absolute Gasteiger partial charge is 0.0446 e. The molecule has 0 aliphatic heterocycles. The molecule has 1 aromatic carbocycles. The lowest BCUT2D eigenvalue weighted by molar-refractivity contribution is 0.656. The van der Waals surface area contributed by atoms with Gasteiger partial charge in [-0.3, -0.25) is 0 Å². The Kier molecular flexibility index (Phi) is 6.15. The fourth-order valence-electron chi connectivity index (χ4n) is 1.30. The van der Waals surface area contributed by atoms with Gasteiger partial charge in [-0.2, -0.15) is 11.8 Å². The van der Waals surface area contributed by atoms with Crippen LogP contribution >= 0.6 is 23.4 Å². The van der Waals surface area contributed by atoms with Crippen molar-refractivity contribution in [3.05, 3.63) is 34.9 Å². The topological polar surface area (TPSA) is 26.0 Å². The molecule has 0 heterocycles. The van der Waals surface area contributed by atoms with Crippen LogP contribution in [0.2, 0.25) is 5.02 Å². The van der Waals surface area contributed by atoms with Crippen molar-refractivity contribution >= 4 is 23.4 Å². The molecule has 15 heavy (non-hydrogen) atoms. The van der Waals surface area contributed by atoms with Crippen molar-refractivity contribution in [1.29, 1.82) is 0 Å². The number of thioether (sulfide) groups is 1. The van der Waals surface area contributed by atoms with Crippen molar-refractivity contribution in [2.75, 3.05) is 5.75 Å². The standard InChI is InChI=1S/C12H18ClNS/c1-10(14)5-4-8-15-9-11-6-2-3-7-12(11)13/h2-3,6-7,10H,4-5,8-9,14H2,1H3. The summed E-state index contributed by atoms with van der Waals surface area (Å²) in [7, 11) is 0. The molecule has 1 atom stereocenters. The number of halogens is 1. The van der Waals surface area contributed by atoms with E-state index in [1.165, 1.54) is 12.0 Å². The van der Waals surface area contributed by atoms with Gasteiger partial charge >= 0.3 is 0 Å². The van der Waals surface area contributed by atoms with E-state index >= 15 is 0 Å². The van der Waals surface area contributed by atoms with E-state index in [4.69, 9.17) is 17.3 Å². The Labute approximate surface area is 101 Å². The minimum atomic E-state index is 0.325. The van der Waals surface area contributed by atoms with Gasteiger partial charge < -0.3 is 5.73 Å². The maximum Gasteiger partial charge on any atom is 0.0446 e. The largest absolute Gasteiger partial charge is 0.328 e. The fraction of sp³-hybridized carbons (Fsp3) is 0.500. The maximum atomic E-state index is 6.05. The van der Waals surface area contributed by atoms with Crippen LogP contribution in [0.4, 0.5) is 0 Å². The average molecular weight is 244 g/mol. The summed E-state index contributed by atoms with van der Waals surface area (Å²) in [5, 5.41) is 0.872. The predicted molar refractivity (Wildman–Crippen MR) is 70.5 cm³/mol. The second-order valence-electron chi connectivity index (χ2n) is 3.76. The van der Waals surface area contributed by atoms with Gasteiger partial charge in [0, 0.05) is 16.8 Å². The first-order valence-electron chi connectivity index (χ1n) is 5.27. The Bertz CT molecular complexity index is 289. The normalized spacial score (nSPS) is 12.7. The van der Waals surface area contributed by atoms with Gasteiger partial charge in [0.2, 0.25) is 0 Å². The number of hydrogen-bond donors (Lipinski definition) is 1.